The molecule has 3 heteroatoms. The van der Waals surface area contributed by atoms with Crippen LogP contribution >= 0.6 is 0 Å². The highest BCUT2D eigenvalue weighted by atomic mass is 16.3. The Bertz CT molecular complexity index is 326. The second-order valence-electron chi connectivity index (χ2n) is 4.26. The number of nitrogens with zero attached hydrogens (tertiary/aromatic N) is 2. The van der Waals surface area contributed by atoms with Crippen molar-refractivity contribution in [2.24, 2.45) is 5.92 Å². The Labute approximate surface area is 84.7 Å². The summed E-state index contributed by atoms with van der Waals surface area (Å²) in [5.74, 6) is 0.941. The zero-order chi connectivity index (χ0) is 10.1. The van der Waals surface area contributed by atoms with Crippen LogP contribution in [0.1, 0.15) is 36.2 Å². The molecule has 0 spiro atoms. The Balaban J connectivity index is 2.07. The smallest absolute Gasteiger partial charge is 0.0718 e. The minimum absolute atomic E-state index is 0.112. The summed E-state index contributed by atoms with van der Waals surface area (Å²) < 4.78 is 2.04. The summed E-state index contributed by atoms with van der Waals surface area (Å²) in [4.78, 5) is 0. The summed E-state index contributed by atoms with van der Waals surface area (Å²) in [7, 11) is 0. The van der Waals surface area contributed by atoms with Gasteiger partial charge in [-0.3, -0.25) is 4.68 Å². The molecule has 0 unspecified atom stereocenters. The molecule has 0 saturated heterocycles. The third-order valence-electron chi connectivity index (χ3n) is 3.14. The van der Waals surface area contributed by atoms with Crippen LogP contribution in [0.25, 0.3) is 0 Å². The summed E-state index contributed by atoms with van der Waals surface area (Å²) in [6.45, 7) is 5.13. The van der Waals surface area contributed by atoms with E-state index in [0.29, 0.717) is 0 Å². The van der Waals surface area contributed by atoms with E-state index in [4.69, 9.17) is 5.11 Å². The lowest BCUT2D eigenvalue weighted by Crippen LogP contribution is -2.03. The van der Waals surface area contributed by atoms with Gasteiger partial charge in [-0.2, -0.15) is 5.10 Å². The summed E-state index contributed by atoms with van der Waals surface area (Å²) in [5.41, 5.74) is 3.10. The molecule has 0 bridgehead atoms. The van der Waals surface area contributed by atoms with Crippen molar-refractivity contribution in [2.45, 2.75) is 46.3 Å². The predicted molar refractivity (Wildman–Crippen MR) is 55.0 cm³/mol. The Kier molecular flexibility index (Phi) is 2.59. The second-order valence-corrected chi connectivity index (χ2v) is 4.26. The molecule has 14 heavy (non-hydrogen) atoms. The third-order valence-corrected chi connectivity index (χ3v) is 3.14. The lowest BCUT2D eigenvalue weighted by Gasteiger charge is -2.03. The van der Waals surface area contributed by atoms with Crippen molar-refractivity contribution in [2.75, 3.05) is 0 Å². The van der Waals surface area contributed by atoms with Crippen LogP contribution in [0.15, 0.2) is 0 Å². The first-order valence-electron chi connectivity index (χ1n) is 5.36. The minimum Gasteiger partial charge on any atom is -0.392 e. The van der Waals surface area contributed by atoms with Crippen LogP contribution in [0.2, 0.25) is 0 Å². The molecule has 3 nitrogen and oxygen atoms in total. The molecule has 0 radical (unpaired) electrons. The molecule has 0 atom stereocenters. The van der Waals surface area contributed by atoms with Crippen molar-refractivity contribution in [3.8, 4) is 0 Å². The van der Waals surface area contributed by atoms with E-state index in [1.807, 2.05) is 18.5 Å². The number of hydrogen-bond acceptors (Lipinski definition) is 2. The molecule has 0 aliphatic heterocycles. The maximum absolute atomic E-state index is 9.15. The standard InChI is InChI=1S/C11H18N2O/c1-8-11(7-14)9(2)13(12-8)6-5-10-3-4-10/h10,14H,3-7H2,1-2H3. The number of aliphatic hydroxyl groups is 1. The lowest BCUT2D eigenvalue weighted by atomic mass is 10.2. The topological polar surface area (TPSA) is 38.0 Å². The number of aryl methyl sites for hydroxylation is 2. The number of aromatic nitrogens is 2. The maximum atomic E-state index is 9.15. The molecule has 1 aromatic rings. The summed E-state index contributed by atoms with van der Waals surface area (Å²) >= 11 is 0. The fourth-order valence-corrected chi connectivity index (χ4v) is 1.89. The van der Waals surface area contributed by atoms with E-state index in [0.717, 1.165) is 29.4 Å². The van der Waals surface area contributed by atoms with E-state index >= 15 is 0 Å². The number of rotatable bonds is 4. The van der Waals surface area contributed by atoms with Crippen LogP contribution in [-0.4, -0.2) is 14.9 Å². The van der Waals surface area contributed by atoms with Gasteiger partial charge in [-0.15, -0.1) is 0 Å². The molecule has 1 N–H and O–H groups in total. The van der Waals surface area contributed by atoms with Gasteiger partial charge < -0.3 is 5.11 Å². The van der Waals surface area contributed by atoms with E-state index < -0.39 is 0 Å². The van der Waals surface area contributed by atoms with Gasteiger partial charge >= 0.3 is 0 Å². The van der Waals surface area contributed by atoms with E-state index in [1.165, 1.54) is 19.3 Å². The Hall–Kier alpha value is -0.830. The van der Waals surface area contributed by atoms with Crippen molar-refractivity contribution in [1.82, 2.24) is 9.78 Å². The van der Waals surface area contributed by atoms with Gasteiger partial charge in [0.2, 0.25) is 0 Å². The van der Waals surface area contributed by atoms with Gasteiger partial charge in [-0.25, -0.2) is 0 Å². The maximum Gasteiger partial charge on any atom is 0.0718 e. The Morgan fingerprint density at radius 2 is 2.14 bits per heavy atom. The van der Waals surface area contributed by atoms with Crippen LogP contribution in [-0.2, 0) is 13.2 Å². The van der Waals surface area contributed by atoms with Crippen LogP contribution in [0.4, 0.5) is 0 Å². The molecule has 1 heterocycles. The summed E-state index contributed by atoms with van der Waals surface area (Å²) in [6.07, 6.45) is 4.03. The van der Waals surface area contributed by atoms with Gasteiger partial charge in [0.05, 0.1) is 12.3 Å². The zero-order valence-electron chi connectivity index (χ0n) is 8.95. The van der Waals surface area contributed by atoms with E-state index in [9.17, 15) is 0 Å². The highest BCUT2D eigenvalue weighted by molar-refractivity contribution is 5.23. The van der Waals surface area contributed by atoms with Crippen molar-refractivity contribution in [1.29, 1.82) is 0 Å². The molecule has 1 saturated carbocycles. The largest absolute Gasteiger partial charge is 0.392 e. The van der Waals surface area contributed by atoms with Crippen molar-refractivity contribution < 1.29 is 5.11 Å². The van der Waals surface area contributed by atoms with Crippen LogP contribution in [0, 0.1) is 19.8 Å². The van der Waals surface area contributed by atoms with Gasteiger partial charge in [-0.1, -0.05) is 12.8 Å². The zero-order valence-corrected chi connectivity index (χ0v) is 8.95. The van der Waals surface area contributed by atoms with Crippen molar-refractivity contribution >= 4 is 0 Å². The molecular weight excluding hydrogens is 176 g/mol. The highest BCUT2D eigenvalue weighted by Gasteiger charge is 2.21. The molecule has 2 rings (SSSR count). The molecule has 1 aliphatic carbocycles. The first-order chi connectivity index (χ1) is 6.72. The third kappa shape index (κ3) is 1.82. The molecule has 1 fully saturated rings. The average Bonchev–Trinajstić information content (AvgIpc) is 2.92. The lowest BCUT2D eigenvalue weighted by molar-refractivity contribution is 0.280. The molecule has 0 amide bonds. The molecule has 78 valence electrons. The molecule has 1 aromatic heterocycles. The van der Waals surface area contributed by atoms with Gasteiger partial charge in [0.15, 0.2) is 0 Å². The number of aliphatic hydroxyl groups excluding tert-OH is 1. The van der Waals surface area contributed by atoms with Gasteiger partial charge in [0.1, 0.15) is 0 Å². The molecule has 0 aromatic carbocycles. The minimum atomic E-state index is 0.112. The Morgan fingerprint density at radius 3 is 2.64 bits per heavy atom. The summed E-state index contributed by atoms with van der Waals surface area (Å²) in [5, 5.41) is 13.6. The van der Waals surface area contributed by atoms with Crippen LogP contribution in [0.3, 0.4) is 0 Å². The normalized spacial score (nSPS) is 16.2. The van der Waals surface area contributed by atoms with E-state index in [2.05, 4.69) is 5.10 Å². The monoisotopic (exact) mass is 194 g/mol. The van der Waals surface area contributed by atoms with Gasteiger partial charge in [0.25, 0.3) is 0 Å². The second kappa shape index (κ2) is 3.73. The SMILES string of the molecule is Cc1nn(CCC2CC2)c(C)c1CO. The van der Waals surface area contributed by atoms with Crippen molar-refractivity contribution in [3.05, 3.63) is 17.0 Å². The van der Waals surface area contributed by atoms with Crippen LogP contribution < -0.4 is 0 Å². The molecule has 1 aliphatic rings. The first-order valence-corrected chi connectivity index (χ1v) is 5.36. The quantitative estimate of drug-likeness (QED) is 0.793. The highest BCUT2D eigenvalue weighted by Crippen LogP contribution is 2.32. The Morgan fingerprint density at radius 1 is 1.43 bits per heavy atom. The fraction of sp³-hybridized carbons (Fsp3) is 0.727. The predicted octanol–water partition coefficient (Wildman–Crippen LogP) is 1.79. The van der Waals surface area contributed by atoms with Crippen LogP contribution in [0.5, 0.6) is 0 Å². The van der Waals surface area contributed by atoms with E-state index in [-0.39, 0.29) is 6.61 Å². The average molecular weight is 194 g/mol. The first kappa shape index (κ1) is 9.71. The van der Waals surface area contributed by atoms with Crippen molar-refractivity contribution in [3.63, 3.8) is 0 Å². The number of hydrogen-bond donors (Lipinski definition) is 1. The van der Waals surface area contributed by atoms with E-state index in [1.54, 1.807) is 0 Å². The molecular formula is C11H18N2O. The summed E-state index contributed by atoms with van der Waals surface area (Å²) in [6, 6.07) is 0. The van der Waals surface area contributed by atoms with Gasteiger partial charge in [-0.05, 0) is 26.2 Å². The van der Waals surface area contributed by atoms with Gasteiger partial charge in [0, 0.05) is 17.8 Å². The fourth-order valence-electron chi connectivity index (χ4n) is 1.89.